The molecule has 2 amide bonds. The molecule has 3 rings (SSSR count). The lowest BCUT2D eigenvalue weighted by molar-refractivity contribution is -0.130. The third-order valence-electron chi connectivity index (χ3n) is 5.73. The maximum Gasteiger partial charge on any atom is 0.253 e. The number of carbonyl (C=O) groups is 2. The zero-order valence-electron chi connectivity index (χ0n) is 16.1. The summed E-state index contributed by atoms with van der Waals surface area (Å²) in [6.45, 7) is 4.13. The first kappa shape index (κ1) is 20.0. The van der Waals surface area contributed by atoms with Crippen LogP contribution in [0.1, 0.15) is 62.2 Å². The van der Waals surface area contributed by atoms with E-state index in [1.807, 2.05) is 11.0 Å². The van der Waals surface area contributed by atoms with Crippen molar-refractivity contribution in [3.8, 4) is 0 Å². The molecule has 1 aliphatic carbocycles. The van der Waals surface area contributed by atoms with E-state index in [1.54, 1.807) is 12.1 Å². The zero-order chi connectivity index (χ0) is 19.2. The van der Waals surface area contributed by atoms with Crippen molar-refractivity contribution in [2.75, 3.05) is 25.0 Å². The Morgan fingerprint density at radius 2 is 1.81 bits per heavy atom. The number of benzene rings is 1. The highest BCUT2D eigenvalue weighted by atomic mass is 35.5. The molecule has 2 fully saturated rings. The van der Waals surface area contributed by atoms with Crippen molar-refractivity contribution in [3.05, 3.63) is 28.8 Å². The maximum atomic E-state index is 12.6. The van der Waals surface area contributed by atoms with Crippen LogP contribution in [0.3, 0.4) is 0 Å². The molecule has 5 nitrogen and oxygen atoms in total. The smallest absolute Gasteiger partial charge is 0.253 e. The Hall–Kier alpha value is -1.75. The van der Waals surface area contributed by atoms with E-state index in [9.17, 15) is 9.59 Å². The molecule has 1 aliphatic heterocycles. The second kappa shape index (κ2) is 9.45. The van der Waals surface area contributed by atoms with Gasteiger partial charge in [0.1, 0.15) is 0 Å². The summed E-state index contributed by atoms with van der Waals surface area (Å²) in [7, 11) is 0. The van der Waals surface area contributed by atoms with Gasteiger partial charge in [-0.3, -0.25) is 9.59 Å². The van der Waals surface area contributed by atoms with Crippen LogP contribution in [0.25, 0.3) is 0 Å². The standard InChI is InChI=1S/C21H30ClN3O2/c1-15-9-11-25(12-10-15)20(26)14-23-17-7-8-19(22)18(13-17)21(27)24-16-5-3-2-4-6-16/h7-8,13,15-16,23H,2-6,9-12,14H2,1H3,(H,24,27). The van der Waals surface area contributed by atoms with Gasteiger partial charge in [0.25, 0.3) is 5.91 Å². The van der Waals surface area contributed by atoms with Gasteiger partial charge in [-0.15, -0.1) is 0 Å². The molecule has 1 saturated carbocycles. The summed E-state index contributed by atoms with van der Waals surface area (Å²) >= 11 is 6.24. The van der Waals surface area contributed by atoms with Crippen LogP contribution in [0.4, 0.5) is 5.69 Å². The molecule has 1 saturated heterocycles. The molecule has 0 aromatic heterocycles. The lowest BCUT2D eigenvalue weighted by Gasteiger charge is -2.30. The SMILES string of the molecule is CC1CCN(C(=O)CNc2ccc(Cl)c(C(=O)NC3CCCCC3)c2)CC1. The van der Waals surface area contributed by atoms with Gasteiger partial charge in [-0.05, 0) is 49.8 Å². The molecule has 2 aliphatic rings. The maximum absolute atomic E-state index is 12.6. The molecule has 1 heterocycles. The fourth-order valence-electron chi connectivity index (χ4n) is 3.87. The Kier molecular flexibility index (Phi) is 7.00. The van der Waals surface area contributed by atoms with Crippen LogP contribution >= 0.6 is 11.6 Å². The van der Waals surface area contributed by atoms with Gasteiger partial charge in [-0.25, -0.2) is 0 Å². The summed E-state index contributed by atoms with van der Waals surface area (Å²) < 4.78 is 0. The van der Waals surface area contributed by atoms with Crippen LogP contribution in [0.2, 0.25) is 5.02 Å². The van der Waals surface area contributed by atoms with E-state index in [2.05, 4.69) is 17.6 Å². The van der Waals surface area contributed by atoms with Crippen molar-refractivity contribution in [1.82, 2.24) is 10.2 Å². The van der Waals surface area contributed by atoms with Gasteiger partial charge in [-0.2, -0.15) is 0 Å². The average Bonchev–Trinajstić information content (AvgIpc) is 2.68. The zero-order valence-corrected chi connectivity index (χ0v) is 16.9. The van der Waals surface area contributed by atoms with Crippen LogP contribution in [-0.4, -0.2) is 42.4 Å². The van der Waals surface area contributed by atoms with Crippen LogP contribution in [0.15, 0.2) is 18.2 Å². The van der Waals surface area contributed by atoms with Gasteiger partial charge in [0, 0.05) is 24.8 Å². The van der Waals surface area contributed by atoms with Crippen molar-refractivity contribution in [1.29, 1.82) is 0 Å². The molecule has 1 aromatic carbocycles. The minimum Gasteiger partial charge on any atom is -0.376 e. The fourth-order valence-corrected chi connectivity index (χ4v) is 4.07. The highest BCUT2D eigenvalue weighted by Gasteiger charge is 2.21. The molecular formula is C21H30ClN3O2. The molecular weight excluding hydrogens is 362 g/mol. The van der Waals surface area contributed by atoms with Gasteiger partial charge in [0.2, 0.25) is 5.91 Å². The van der Waals surface area contributed by atoms with Crippen molar-refractivity contribution < 1.29 is 9.59 Å². The summed E-state index contributed by atoms with van der Waals surface area (Å²) in [6, 6.07) is 5.51. The number of nitrogens with zero attached hydrogens (tertiary/aromatic N) is 1. The van der Waals surface area contributed by atoms with Crippen molar-refractivity contribution in [2.45, 2.75) is 57.9 Å². The summed E-state index contributed by atoms with van der Waals surface area (Å²) in [5.74, 6) is 0.667. The van der Waals surface area contributed by atoms with E-state index in [0.29, 0.717) is 16.5 Å². The largest absolute Gasteiger partial charge is 0.376 e. The van der Waals surface area contributed by atoms with E-state index in [1.165, 1.54) is 6.42 Å². The normalized spacial score (nSPS) is 19.0. The summed E-state index contributed by atoms with van der Waals surface area (Å²) in [5.41, 5.74) is 1.21. The Morgan fingerprint density at radius 3 is 2.52 bits per heavy atom. The van der Waals surface area contributed by atoms with Crippen LogP contribution in [-0.2, 0) is 4.79 Å². The lowest BCUT2D eigenvalue weighted by Crippen LogP contribution is -2.41. The third kappa shape index (κ3) is 5.61. The van der Waals surface area contributed by atoms with Gasteiger partial charge >= 0.3 is 0 Å². The Bertz CT molecular complexity index is 665. The third-order valence-corrected chi connectivity index (χ3v) is 6.06. The number of anilines is 1. The van der Waals surface area contributed by atoms with Crippen LogP contribution in [0.5, 0.6) is 0 Å². The summed E-state index contributed by atoms with van der Waals surface area (Å²) in [5, 5.41) is 6.68. The quantitative estimate of drug-likeness (QED) is 0.795. The number of piperidine rings is 1. The number of nitrogens with one attached hydrogen (secondary N) is 2. The van der Waals surface area contributed by atoms with E-state index in [0.717, 1.165) is 57.3 Å². The van der Waals surface area contributed by atoms with Gasteiger partial charge in [0.15, 0.2) is 0 Å². The summed E-state index contributed by atoms with van der Waals surface area (Å²) in [6.07, 6.45) is 7.77. The minimum atomic E-state index is -0.133. The van der Waals surface area contributed by atoms with Crippen LogP contribution in [0, 0.1) is 5.92 Å². The highest BCUT2D eigenvalue weighted by Crippen LogP contribution is 2.23. The number of hydrogen-bond donors (Lipinski definition) is 2. The van der Waals surface area contributed by atoms with Crippen LogP contribution < -0.4 is 10.6 Å². The van der Waals surface area contributed by atoms with Crippen molar-refractivity contribution in [3.63, 3.8) is 0 Å². The number of hydrogen-bond acceptors (Lipinski definition) is 3. The second-order valence-corrected chi connectivity index (χ2v) is 8.33. The molecule has 6 heteroatoms. The van der Waals surface area contributed by atoms with E-state index < -0.39 is 0 Å². The Labute approximate surface area is 166 Å². The number of halogens is 1. The van der Waals surface area contributed by atoms with E-state index in [4.69, 9.17) is 11.6 Å². The molecule has 0 spiro atoms. The van der Waals surface area contributed by atoms with E-state index >= 15 is 0 Å². The molecule has 0 unspecified atom stereocenters. The fraction of sp³-hybridized carbons (Fsp3) is 0.619. The Balaban J connectivity index is 1.56. The molecule has 1 aromatic rings. The second-order valence-electron chi connectivity index (χ2n) is 7.92. The van der Waals surface area contributed by atoms with E-state index in [-0.39, 0.29) is 24.4 Å². The summed E-state index contributed by atoms with van der Waals surface area (Å²) in [4.78, 5) is 26.9. The predicted octanol–water partition coefficient (Wildman–Crippen LogP) is 4.07. The number of carbonyl (C=O) groups excluding carboxylic acids is 2. The number of amides is 2. The Morgan fingerprint density at radius 1 is 1.11 bits per heavy atom. The predicted molar refractivity (Wildman–Crippen MR) is 109 cm³/mol. The molecule has 0 radical (unpaired) electrons. The van der Waals surface area contributed by atoms with Crippen molar-refractivity contribution >= 4 is 29.1 Å². The number of likely N-dealkylation sites (tertiary alicyclic amines) is 1. The molecule has 0 bridgehead atoms. The first-order chi connectivity index (χ1) is 13.0. The monoisotopic (exact) mass is 391 g/mol. The average molecular weight is 392 g/mol. The minimum absolute atomic E-state index is 0.102. The highest BCUT2D eigenvalue weighted by molar-refractivity contribution is 6.34. The van der Waals surface area contributed by atoms with Crippen molar-refractivity contribution in [2.24, 2.45) is 5.92 Å². The molecule has 0 atom stereocenters. The molecule has 27 heavy (non-hydrogen) atoms. The van der Waals surface area contributed by atoms with Gasteiger partial charge in [-0.1, -0.05) is 37.8 Å². The van der Waals surface area contributed by atoms with Gasteiger partial charge < -0.3 is 15.5 Å². The van der Waals surface area contributed by atoms with Gasteiger partial charge in [0.05, 0.1) is 17.1 Å². The topological polar surface area (TPSA) is 61.4 Å². The first-order valence-corrected chi connectivity index (χ1v) is 10.5. The molecule has 148 valence electrons. The first-order valence-electron chi connectivity index (χ1n) is 10.1. The lowest BCUT2D eigenvalue weighted by atomic mass is 9.95. The molecule has 2 N–H and O–H groups in total. The number of rotatable bonds is 5.